The van der Waals surface area contributed by atoms with Crippen LogP contribution in [0.25, 0.3) is 0 Å². The van der Waals surface area contributed by atoms with Gasteiger partial charge in [-0.05, 0) is 18.2 Å². The third kappa shape index (κ3) is 7.73. The van der Waals surface area contributed by atoms with Crippen molar-refractivity contribution in [3.63, 3.8) is 0 Å². The van der Waals surface area contributed by atoms with Crippen molar-refractivity contribution in [2.75, 3.05) is 31.0 Å². The van der Waals surface area contributed by atoms with Gasteiger partial charge in [0.05, 0.1) is 13.0 Å². The molecule has 7 heteroatoms. The molecule has 0 bridgehead atoms. The lowest BCUT2D eigenvalue weighted by atomic mass is 10.2. The smallest absolute Gasteiger partial charge is 0.306 e. The summed E-state index contributed by atoms with van der Waals surface area (Å²) in [6.45, 7) is 4.10. The lowest BCUT2D eigenvalue weighted by Crippen LogP contribution is -2.18. The monoisotopic (exact) mass is 336 g/mol. The minimum Gasteiger partial charge on any atom is -0.463 e. The van der Waals surface area contributed by atoms with Crippen molar-refractivity contribution < 1.29 is 23.9 Å². The van der Waals surface area contributed by atoms with Crippen molar-refractivity contribution in [1.29, 1.82) is 0 Å². The van der Waals surface area contributed by atoms with E-state index in [0.717, 1.165) is 0 Å². The summed E-state index contributed by atoms with van der Waals surface area (Å²) in [5.74, 6) is -0.976. The molecule has 1 aromatic carbocycles. The summed E-state index contributed by atoms with van der Waals surface area (Å²) in [6, 6.07) is 6.84. The average Bonchev–Trinajstić information content (AvgIpc) is 2.53. The molecule has 0 saturated heterocycles. The molecule has 7 nitrogen and oxygen atoms in total. The minimum absolute atomic E-state index is 0.000671. The molecule has 1 rings (SSSR count). The van der Waals surface area contributed by atoms with Crippen LogP contribution in [0, 0.1) is 5.92 Å². The molecule has 0 aliphatic rings. The van der Waals surface area contributed by atoms with Crippen molar-refractivity contribution in [2.24, 2.45) is 5.92 Å². The lowest BCUT2D eigenvalue weighted by Gasteiger charge is -2.10. The van der Waals surface area contributed by atoms with E-state index in [0.29, 0.717) is 18.0 Å². The Morgan fingerprint density at radius 2 is 1.71 bits per heavy atom. The fraction of sp³-hybridized carbons (Fsp3) is 0.471. The molecule has 0 radical (unpaired) electrons. The number of rotatable bonds is 9. The first-order chi connectivity index (χ1) is 11.4. The molecule has 1 aromatic rings. The van der Waals surface area contributed by atoms with Crippen molar-refractivity contribution in [1.82, 2.24) is 0 Å². The summed E-state index contributed by atoms with van der Waals surface area (Å²) in [7, 11) is 1.51. The second-order valence-electron chi connectivity index (χ2n) is 5.49. The van der Waals surface area contributed by atoms with Crippen molar-refractivity contribution in [3.05, 3.63) is 24.3 Å². The predicted molar refractivity (Wildman–Crippen MR) is 90.6 cm³/mol. The molecule has 0 spiro atoms. The van der Waals surface area contributed by atoms with E-state index in [-0.39, 0.29) is 37.2 Å². The fourth-order valence-corrected chi connectivity index (χ4v) is 1.71. The van der Waals surface area contributed by atoms with Gasteiger partial charge in [0, 0.05) is 30.8 Å². The number of ether oxygens (including phenoxy) is 2. The Hall–Kier alpha value is -2.41. The summed E-state index contributed by atoms with van der Waals surface area (Å²) >= 11 is 0. The van der Waals surface area contributed by atoms with Crippen LogP contribution in [-0.4, -0.2) is 38.1 Å². The number of benzene rings is 1. The molecule has 0 aromatic heterocycles. The van der Waals surface area contributed by atoms with Crippen LogP contribution in [0.1, 0.15) is 26.7 Å². The molecule has 24 heavy (non-hydrogen) atoms. The normalized spacial score (nSPS) is 10.3. The zero-order valence-corrected chi connectivity index (χ0v) is 14.3. The lowest BCUT2D eigenvalue weighted by molar-refractivity contribution is -0.145. The van der Waals surface area contributed by atoms with E-state index >= 15 is 0 Å². The first-order valence-corrected chi connectivity index (χ1v) is 7.77. The highest BCUT2D eigenvalue weighted by Gasteiger charge is 2.10. The van der Waals surface area contributed by atoms with Crippen LogP contribution in [0.3, 0.4) is 0 Å². The number of hydrogen-bond donors (Lipinski definition) is 2. The van der Waals surface area contributed by atoms with Gasteiger partial charge in [0.15, 0.2) is 0 Å². The van der Waals surface area contributed by atoms with Gasteiger partial charge in [0.1, 0.15) is 6.61 Å². The number of methoxy groups -OCH3 is 1. The van der Waals surface area contributed by atoms with Gasteiger partial charge in [-0.15, -0.1) is 0 Å². The van der Waals surface area contributed by atoms with E-state index in [4.69, 9.17) is 9.47 Å². The maximum atomic E-state index is 11.9. The highest BCUT2D eigenvalue weighted by Crippen LogP contribution is 2.16. The van der Waals surface area contributed by atoms with E-state index in [9.17, 15) is 14.4 Å². The Balaban J connectivity index is 2.44. The maximum Gasteiger partial charge on any atom is 0.306 e. The number of esters is 1. The van der Waals surface area contributed by atoms with Crippen LogP contribution in [0.4, 0.5) is 11.4 Å². The molecule has 2 N–H and O–H groups in total. The van der Waals surface area contributed by atoms with Gasteiger partial charge in [0.25, 0.3) is 0 Å². The number of hydrogen-bond acceptors (Lipinski definition) is 5. The van der Waals surface area contributed by atoms with Crippen LogP contribution in [0.15, 0.2) is 24.3 Å². The van der Waals surface area contributed by atoms with Gasteiger partial charge in [-0.1, -0.05) is 19.9 Å². The largest absolute Gasteiger partial charge is 0.463 e. The van der Waals surface area contributed by atoms with Crippen LogP contribution in [0.2, 0.25) is 0 Å². The molecule has 0 aliphatic heterocycles. The molecule has 0 atom stereocenters. The van der Waals surface area contributed by atoms with E-state index in [1.165, 1.54) is 7.11 Å². The summed E-state index contributed by atoms with van der Waals surface area (Å²) in [4.78, 5) is 34.9. The van der Waals surface area contributed by atoms with Crippen molar-refractivity contribution in [2.45, 2.75) is 26.7 Å². The third-order valence-corrected chi connectivity index (χ3v) is 3.04. The molecule has 0 unspecified atom stereocenters. The highest BCUT2D eigenvalue weighted by atomic mass is 16.6. The number of anilines is 2. The van der Waals surface area contributed by atoms with Crippen LogP contribution < -0.4 is 10.6 Å². The second-order valence-corrected chi connectivity index (χ2v) is 5.49. The van der Waals surface area contributed by atoms with Crippen LogP contribution in [0.5, 0.6) is 0 Å². The molecule has 0 saturated carbocycles. The van der Waals surface area contributed by atoms with Crippen LogP contribution >= 0.6 is 0 Å². The topological polar surface area (TPSA) is 93.7 Å². The van der Waals surface area contributed by atoms with Gasteiger partial charge in [-0.2, -0.15) is 0 Å². The van der Waals surface area contributed by atoms with Gasteiger partial charge in [0.2, 0.25) is 11.8 Å². The fourth-order valence-electron chi connectivity index (χ4n) is 1.71. The van der Waals surface area contributed by atoms with E-state index in [2.05, 4.69) is 10.6 Å². The minimum atomic E-state index is -0.444. The number of amides is 2. The van der Waals surface area contributed by atoms with Gasteiger partial charge >= 0.3 is 5.97 Å². The highest BCUT2D eigenvalue weighted by molar-refractivity contribution is 5.95. The van der Waals surface area contributed by atoms with Crippen LogP contribution in [-0.2, 0) is 23.9 Å². The van der Waals surface area contributed by atoms with Crippen molar-refractivity contribution in [3.8, 4) is 0 Å². The molecule has 2 amide bonds. The second kappa shape index (κ2) is 10.4. The van der Waals surface area contributed by atoms with E-state index in [1.807, 2.05) is 0 Å². The summed E-state index contributed by atoms with van der Waals surface area (Å²) in [5.41, 5.74) is 1.15. The quantitative estimate of drug-likeness (QED) is 0.532. The molecule has 0 fully saturated rings. The Kier molecular flexibility index (Phi) is 8.49. The van der Waals surface area contributed by atoms with E-state index < -0.39 is 5.97 Å². The zero-order valence-electron chi connectivity index (χ0n) is 14.3. The molecular formula is C17H24N2O5. The first-order valence-electron chi connectivity index (χ1n) is 7.77. The Bertz CT molecular complexity index is 572. The average molecular weight is 336 g/mol. The molecule has 0 heterocycles. The standard InChI is InChI=1S/C17H24N2O5/c1-12(2)17(22)19-14-6-4-5-13(11-14)18-15(20)7-8-16(21)24-10-9-23-3/h4-6,11-12H,7-10H2,1-3H3,(H,18,20)(H,19,22). The molecule has 132 valence electrons. The Labute approximate surface area is 141 Å². The SMILES string of the molecule is COCCOC(=O)CCC(=O)Nc1cccc(NC(=O)C(C)C)c1. The summed E-state index contributed by atoms with van der Waals surface area (Å²) in [6.07, 6.45) is 0.0215. The predicted octanol–water partition coefficient (Wildman–Crippen LogP) is 2.19. The Morgan fingerprint density at radius 1 is 1.04 bits per heavy atom. The summed E-state index contributed by atoms with van der Waals surface area (Å²) in [5, 5.41) is 5.44. The zero-order chi connectivity index (χ0) is 17.9. The van der Waals surface area contributed by atoms with Gasteiger partial charge in [-0.3, -0.25) is 14.4 Å². The Morgan fingerprint density at radius 3 is 2.33 bits per heavy atom. The number of carbonyl (C=O) groups excluding carboxylic acids is 3. The number of nitrogens with one attached hydrogen (secondary N) is 2. The summed E-state index contributed by atoms with van der Waals surface area (Å²) < 4.78 is 9.64. The van der Waals surface area contributed by atoms with E-state index in [1.54, 1.807) is 38.1 Å². The molecule has 0 aliphatic carbocycles. The third-order valence-electron chi connectivity index (χ3n) is 3.04. The first kappa shape index (κ1) is 19.6. The van der Waals surface area contributed by atoms with Gasteiger partial charge < -0.3 is 20.1 Å². The van der Waals surface area contributed by atoms with Crippen molar-refractivity contribution >= 4 is 29.2 Å². The van der Waals surface area contributed by atoms with Gasteiger partial charge in [-0.25, -0.2) is 0 Å². The number of carbonyl (C=O) groups is 3. The maximum absolute atomic E-state index is 11.9. The molecular weight excluding hydrogens is 312 g/mol.